The molecule has 4 aromatic rings. The number of hydrogen-bond donors (Lipinski definition) is 0. The van der Waals surface area contributed by atoms with Gasteiger partial charge in [0.2, 0.25) is 0 Å². The zero-order valence-corrected chi connectivity index (χ0v) is 22.4. The molecule has 1 saturated heterocycles. The number of para-hydroxylation sites is 1. The molecule has 0 unspecified atom stereocenters. The molecule has 0 radical (unpaired) electrons. The second kappa shape index (κ2) is 11.4. The average molecular weight is 566 g/mol. The maximum absolute atomic E-state index is 13.6. The molecule has 0 aliphatic carbocycles. The Kier molecular flexibility index (Phi) is 7.87. The molecule has 184 valence electrons. The normalized spacial score (nSPS) is 15.5. The van der Waals surface area contributed by atoms with Crippen LogP contribution in [-0.2, 0) is 11.4 Å². The lowest BCUT2D eigenvalue weighted by molar-refractivity contribution is -0.113. The number of carbonyl (C=O) groups is 1. The second-order valence-electron chi connectivity index (χ2n) is 8.02. The first kappa shape index (κ1) is 25.4. The smallest absolute Gasteiger partial charge is 0.271 e. The van der Waals surface area contributed by atoms with Crippen LogP contribution in [0, 0.1) is 0 Å². The highest BCUT2D eigenvalue weighted by Gasteiger charge is 2.35. The number of carbonyl (C=O) groups excluding carboxylic acids is 1. The number of rotatable bonds is 6. The van der Waals surface area contributed by atoms with Gasteiger partial charge in [-0.2, -0.15) is 0 Å². The number of anilines is 1. The lowest BCUT2D eigenvalue weighted by atomic mass is 10.1. The first-order chi connectivity index (χ1) is 18.0. The fourth-order valence-electron chi connectivity index (χ4n) is 3.64. The van der Waals surface area contributed by atoms with Gasteiger partial charge in [0.05, 0.1) is 16.3 Å². The summed E-state index contributed by atoms with van der Waals surface area (Å²) in [5.74, 6) is 0.449. The van der Waals surface area contributed by atoms with Crippen LogP contribution < -0.4 is 9.64 Å². The largest absolute Gasteiger partial charge is 0.488 e. The number of nitrogens with zero attached hydrogens (tertiary/aromatic N) is 2. The summed E-state index contributed by atoms with van der Waals surface area (Å²) in [5, 5.41) is 2.36. The van der Waals surface area contributed by atoms with Gasteiger partial charge in [0.15, 0.2) is 5.17 Å². The molecule has 1 amide bonds. The van der Waals surface area contributed by atoms with E-state index in [1.54, 1.807) is 53.4 Å². The van der Waals surface area contributed by atoms with E-state index < -0.39 is 0 Å². The number of thioether (sulfide) groups is 1. The molecule has 4 aromatic carbocycles. The number of halogens is 3. The van der Waals surface area contributed by atoms with Crippen LogP contribution in [0.15, 0.2) is 107 Å². The van der Waals surface area contributed by atoms with E-state index in [1.165, 1.54) is 11.8 Å². The van der Waals surface area contributed by atoms with Crippen molar-refractivity contribution in [2.24, 2.45) is 4.99 Å². The van der Waals surface area contributed by atoms with Crippen LogP contribution in [0.1, 0.15) is 11.1 Å². The van der Waals surface area contributed by atoms with E-state index in [0.29, 0.717) is 48.9 Å². The molecular formula is C29H19Cl3N2O2S. The molecule has 1 aliphatic heterocycles. The van der Waals surface area contributed by atoms with Crippen molar-refractivity contribution in [2.45, 2.75) is 6.61 Å². The minimum absolute atomic E-state index is 0.194. The summed E-state index contributed by atoms with van der Waals surface area (Å²) in [5.41, 5.74) is 3.00. The van der Waals surface area contributed by atoms with Gasteiger partial charge in [-0.25, -0.2) is 4.99 Å². The van der Waals surface area contributed by atoms with Crippen molar-refractivity contribution < 1.29 is 9.53 Å². The molecule has 8 heteroatoms. The SMILES string of the molecule is O=C1/C(=C/c2ccccc2OCc2ccccc2Cl)SC(=Nc2ccc(Cl)cc2)N1c1ccc(Cl)cc1. The van der Waals surface area contributed by atoms with Crippen LogP contribution in [-0.4, -0.2) is 11.1 Å². The van der Waals surface area contributed by atoms with Gasteiger partial charge in [-0.05, 0) is 78.5 Å². The number of amidine groups is 1. The fourth-order valence-corrected chi connectivity index (χ4v) is 5.07. The van der Waals surface area contributed by atoms with Gasteiger partial charge < -0.3 is 4.74 Å². The summed E-state index contributed by atoms with van der Waals surface area (Å²) < 4.78 is 6.09. The Labute approximate surface area is 234 Å². The maximum Gasteiger partial charge on any atom is 0.271 e. The van der Waals surface area contributed by atoms with Crippen molar-refractivity contribution in [3.8, 4) is 5.75 Å². The van der Waals surface area contributed by atoms with Crippen LogP contribution in [0.25, 0.3) is 6.08 Å². The van der Waals surface area contributed by atoms with Gasteiger partial charge in [-0.15, -0.1) is 0 Å². The third kappa shape index (κ3) is 6.03. The highest BCUT2D eigenvalue weighted by molar-refractivity contribution is 8.19. The summed E-state index contributed by atoms with van der Waals surface area (Å²) in [6, 6.07) is 29.3. The van der Waals surface area contributed by atoms with Gasteiger partial charge in [-0.3, -0.25) is 9.69 Å². The molecule has 0 N–H and O–H groups in total. The standard InChI is InChI=1S/C29H19Cl3N2O2S/c30-21-9-13-23(14-10-21)33-29-34(24-15-11-22(31)12-16-24)28(35)27(37-29)17-19-5-2-4-8-26(19)36-18-20-6-1-3-7-25(20)32/h1-17H,18H2/b27-17-,33-29?. The predicted molar refractivity (Wildman–Crippen MR) is 155 cm³/mol. The van der Waals surface area contributed by atoms with Gasteiger partial charge in [0, 0.05) is 26.2 Å². The van der Waals surface area contributed by atoms with E-state index in [2.05, 4.69) is 0 Å². The number of benzene rings is 4. The Morgan fingerprint density at radius 3 is 2.19 bits per heavy atom. The van der Waals surface area contributed by atoms with Crippen molar-refractivity contribution in [1.29, 1.82) is 0 Å². The molecule has 0 atom stereocenters. The summed E-state index contributed by atoms with van der Waals surface area (Å²) in [4.78, 5) is 20.5. The maximum atomic E-state index is 13.6. The third-order valence-electron chi connectivity index (χ3n) is 5.49. The molecular weight excluding hydrogens is 547 g/mol. The Bertz CT molecular complexity index is 1500. The van der Waals surface area contributed by atoms with Crippen molar-refractivity contribution in [1.82, 2.24) is 0 Å². The Balaban J connectivity index is 1.49. The van der Waals surface area contributed by atoms with Crippen molar-refractivity contribution in [3.05, 3.63) is 128 Å². The van der Waals surface area contributed by atoms with Crippen LogP contribution in [0.5, 0.6) is 5.75 Å². The zero-order chi connectivity index (χ0) is 25.8. The molecule has 1 fully saturated rings. The number of hydrogen-bond acceptors (Lipinski definition) is 4. The lowest BCUT2D eigenvalue weighted by Crippen LogP contribution is -2.28. The van der Waals surface area contributed by atoms with Gasteiger partial charge >= 0.3 is 0 Å². The van der Waals surface area contributed by atoms with E-state index in [-0.39, 0.29) is 5.91 Å². The highest BCUT2D eigenvalue weighted by atomic mass is 35.5. The monoisotopic (exact) mass is 564 g/mol. The molecule has 0 aromatic heterocycles. The molecule has 0 saturated carbocycles. The van der Waals surface area contributed by atoms with Gasteiger partial charge in [0.25, 0.3) is 5.91 Å². The molecule has 0 bridgehead atoms. The molecule has 5 rings (SSSR count). The Hall–Kier alpha value is -3.22. The zero-order valence-electron chi connectivity index (χ0n) is 19.3. The van der Waals surface area contributed by atoms with Crippen molar-refractivity contribution >= 4 is 75.1 Å². The predicted octanol–water partition coefficient (Wildman–Crippen LogP) is 9.03. The lowest BCUT2D eigenvalue weighted by Gasteiger charge is -2.15. The van der Waals surface area contributed by atoms with Crippen LogP contribution in [0.2, 0.25) is 15.1 Å². The molecule has 37 heavy (non-hydrogen) atoms. The quantitative estimate of drug-likeness (QED) is 0.219. The first-order valence-corrected chi connectivity index (χ1v) is 13.2. The molecule has 1 aliphatic rings. The molecule has 1 heterocycles. The fraction of sp³-hybridized carbons (Fsp3) is 0.0345. The summed E-state index contributed by atoms with van der Waals surface area (Å²) in [7, 11) is 0. The third-order valence-corrected chi connectivity index (χ3v) is 7.33. The number of ether oxygens (including phenoxy) is 1. The summed E-state index contributed by atoms with van der Waals surface area (Å²) in [6.45, 7) is 0.307. The highest BCUT2D eigenvalue weighted by Crippen LogP contribution is 2.39. The van der Waals surface area contributed by atoms with E-state index >= 15 is 0 Å². The number of amides is 1. The Morgan fingerprint density at radius 1 is 0.811 bits per heavy atom. The van der Waals surface area contributed by atoms with E-state index in [0.717, 1.165) is 11.1 Å². The van der Waals surface area contributed by atoms with Crippen molar-refractivity contribution in [2.75, 3.05) is 4.90 Å². The van der Waals surface area contributed by atoms with Crippen LogP contribution in [0.3, 0.4) is 0 Å². The van der Waals surface area contributed by atoms with Crippen LogP contribution in [0.4, 0.5) is 11.4 Å². The first-order valence-electron chi connectivity index (χ1n) is 11.3. The van der Waals surface area contributed by atoms with E-state index in [9.17, 15) is 4.79 Å². The van der Waals surface area contributed by atoms with E-state index in [1.807, 2.05) is 54.6 Å². The Morgan fingerprint density at radius 2 is 1.46 bits per heavy atom. The minimum Gasteiger partial charge on any atom is -0.488 e. The minimum atomic E-state index is -0.194. The van der Waals surface area contributed by atoms with E-state index in [4.69, 9.17) is 44.5 Å². The van der Waals surface area contributed by atoms with Gasteiger partial charge in [-0.1, -0.05) is 71.2 Å². The molecule has 4 nitrogen and oxygen atoms in total. The van der Waals surface area contributed by atoms with Crippen LogP contribution >= 0.6 is 46.6 Å². The summed E-state index contributed by atoms with van der Waals surface area (Å²) >= 11 is 19.7. The second-order valence-corrected chi connectivity index (χ2v) is 10.3. The topological polar surface area (TPSA) is 41.9 Å². The number of aliphatic imine (C=N–C) groups is 1. The summed E-state index contributed by atoms with van der Waals surface area (Å²) in [6.07, 6.45) is 1.82. The van der Waals surface area contributed by atoms with Gasteiger partial charge in [0.1, 0.15) is 12.4 Å². The average Bonchev–Trinajstić information content (AvgIpc) is 3.20. The van der Waals surface area contributed by atoms with Crippen molar-refractivity contribution in [3.63, 3.8) is 0 Å². The molecule has 0 spiro atoms.